The lowest BCUT2D eigenvalue weighted by molar-refractivity contribution is -0.133. The van der Waals surface area contributed by atoms with E-state index in [9.17, 15) is 14.0 Å². The van der Waals surface area contributed by atoms with Crippen molar-refractivity contribution in [2.45, 2.75) is 32.6 Å². The van der Waals surface area contributed by atoms with Gasteiger partial charge in [-0.2, -0.15) is 5.21 Å². The van der Waals surface area contributed by atoms with Gasteiger partial charge in [0.15, 0.2) is 6.17 Å². The van der Waals surface area contributed by atoms with Crippen molar-refractivity contribution in [2.75, 3.05) is 7.05 Å². The van der Waals surface area contributed by atoms with Gasteiger partial charge in [0, 0.05) is 41.7 Å². The van der Waals surface area contributed by atoms with Crippen LogP contribution in [-0.2, 0) is 16.1 Å². The fourth-order valence-electron chi connectivity index (χ4n) is 5.04. The largest absolute Gasteiger partial charge is 0.343 e. The standard InChI is InChI=1S/C30H29FN10O2/c1-17-14-41(26-8-7-22(31)11-24(17)26)23-9-19(12-33-13-23)15-40-16-25(34-30(43)28(40)35-29(42)18(2)32-3)20-5-4-6-21(10-20)27-36-38-39-37-27/h4-14,16,18,28,32H,15H2,1-3H3,(H,34,43)(H,35,42)(H,36,37,38,39). The number of tetrazole rings is 1. The minimum atomic E-state index is -0.978. The molecule has 0 spiro atoms. The lowest BCUT2D eigenvalue weighted by Gasteiger charge is -2.35. The SMILES string of the molecule is CNC(C)C(=O)NC1C(=O)NC(c2cccc(-c3nn[nH]n3)c2)=CN1Cc1cncc(-n2cc(C)c3cc(F)ccc32)c1. The molecular weight excluding hydrogens is 551 g/mol. The minimum absolute atomic E-state index is 0.258. The van der Waals surface area contributed by atoms with E-state index in [0.29, 0.717) is 11.5 Å². The van der Waals surface area contributed by atoms with Gasteiger partial charge in [-0.15, -0.1) is 10.2 Å². The molecule has 1 aliphatic heterocycles. The second kappa shape index (κ2) is 11.4. The number of rotatable bonds is 8. The topological polar surface area (TPSA) is 146 Å². The van der Waals surface area contributed by atoms with Crippen LogP contribution < -0.4 is 16.0 Å². The fraction of sp³-hybridized carbons (Fsp3) is 0.200. The third kappa shape index (κ3) is 5.57. The van der Waals surface area contributed by atoms with Gasteiger partial charge < -0.3 is 25.4 Å². The maximum Gasteiger partial charge on any atom is 0.267 e. The number of hydrogen-bond acceptors (Lipinski definition) is 8. The Balaban J connectivity index is 1.36. The van der Waals surface area contributed by atoms with Gasteiger partial charge in [0.2, 0.25) is 11.7 Å². The predicted octanol–water partition coefficient (Wildman–Crippen LogP) is 2.63. The molecule has 4 heterocycles. The number of fused-ring (bicyclic) bond motifs is 1. The van der Waals surface area contributed by atoms with Crippen LogP contribution in [0.3, 0.4) is 0 Å². The highest BCUT2D eigenvalue weighted by Gasteiger charge is 2.32. The number of pyridine rings is 1. The van der Waals surface area contributed by atoms with E-state index in [0.717, 1.165) is 38.8 Å². The van der Waals surface area contributed by atoms with Crippen LogP contribution >= 0.6 is 0 Å². The summed E-state index contributed by atoms with van der Waals surface area (Å²) < 4.78 is 15.9. The molecule has 2 aromatic carbocycles. The van der Waals surface area contributed by atoms with E-state index in [1.54, 1.807) is 43.5 Å². The third-order valence-electron chi connectivity index (χ3n) is 7.40. The van der Waals surface area contributed by atoms with Crippen molar-refractivity contribution < 1.29 is 14.0 Å². The van der Waals surface area contributed by atoms with Crippen molar-refractivity contribution in [2.24, 2.45) is 0 Å². The number of halogens is 1. The zero-order valence-corrected chi connectivity index (χ0v) is 23.7. The monoisotopic (exact) mass is 580 g/mol. The van der Waals surface area contributed by atoms with Crippen molar-refractivity contribution in [1.82, 2.24) is 51.0 Å². The molecule has 2 unspecified atom stereocenters. The summed E-state index contributed by atoms with van der Waals surface area (Å²) in [4.78, 5) is 32.6. The van der Waals surface area contributed by atoms with Crippen molar-refractivity contribution in [3.63, 3.8) is 0 Å². The van der Waals surface area contributed by atoms with E-state index >= 15 is 0 Å². The zero-order chi connectivity index (χ0) is 30.1. The molecule has 43 heavy (non-hydrogen) atoms. The lowest BCUT2D eigenvalue weighted by Crippen LogP contribution is -2.59. The number of nitrogens with zero attached hydrogens (tertiary/aromatic N) is 6. The molecule has 0 aliphatic carbocycles. The average molecular weight is 581 g/mol. The van der Waals surface area contributed by atoms with Gasteiger partial charge in [-0.1, -0.05) is 18.2 Å². The van der Waals surface area contributed by atoms with Crippen LogP contribution in [0.15, 0.2) is 73.3 Å². The smallest absolute Gasteiger partial charge is 0.267 e. The number of aryl methyl sites for hydroxylation is 1. The molecule has 0 fully saturated rings. The summed E-state index contributed by atoms with van der Waals surface area (Å²) in [6.07, 6.45) is 6.21. The minimum Gasteiger partial charge on any atom is -0.343 e. The van der Waals surface area contributed by atoms with Crippen LogP contribution in [0.25, 0.3) is 33.7 Å². The molecule has 5 aromatic rings. The predicted molar refractivity (Wildman–Crippen MR) is 157 cm³/mol. The number of hydrogen-bond donors (Lipinski definition) is 4. The Labute approximate surface area is 246 Å². The molecule has 6 rings (SSSR count). The van der Waals surface area contributed by atoms with E-state index < -0.39 is 18.1 Å². The Bertz CT molecular complexity index is 1850. The Morgan fingerprint density at radius 1 is 1.14 bits per heavy atom. The molecule has 4 N–H and O–H groups in total. The Morgan fingerprint density at radius 3 is 2.77 bits per heavy atom. The number of amides is 2. The number of aromatic nitrogens is 6. The molecule has 1 aliphatic rings. The van der Waals surface area contributed by atoms with Gasteiger partial charge in [-0.25, -0.2) is 4.39 Å². The number of benzene rings is 2. The van der Waals surface area contributed by atoms with E-state index in [2.05, 4.69) is 41.6 Å². The molecule has 3 aromatic heterocycles. The Morgan fingerprint density at radius 2 is 1.98 bits per heavy atom. The first-order chi connectivity index (χ1) is 20.8. The third-order valence-corrected chi connectivity index (χ3v) is 7.40. The van der Waals surface area contributed by atoms with Gasteiger partial charge >= 0.3 is 0 Å². The van der Waals surface area contributed by atoms with E-state index in [1.165, 1.54) is 12.1 Å². The van der Waals surface area contributed by atoms with Gasteiger partial charge in [-0.3, -0.25) is 14.6 Å². The molecule has 0 bridgehead atoms. The van der Waals surface area contributed by atoms with Gasteiger partial charge in [0.05, 0.1) is 29.1 Å². The number of aromatic amines is 1. The first kappa shape index (κ1) is 27.7. The molecule has 12 nitrogen and oxygen atoms in total. The number of carbonyl (C=O) groups is 2. The van der Waals surface area contributed by atoms with Gasteiger partial charge in [0.25, 0.3) is 5.91 Å². The molecule has 218 valence electrons. The van der Waals surface area contributed by atoms with E-state index in [-0.39, 0.29) is 18.3 Å². The summed E-state index contributed by atoms with van der Waals surface area (Å²) in [6.45, 7) is 3.91. The average Bonchev–Trinajstić information content (AvgIpc) is 3.67. The molecular formula is C30H29FN10O2. The fourth-order valence-corrected chi connectivity index (χ4v) is 5.04. The highest BCUT2D eigenvalue weighted by molar-refractivity contribution is 5.95. The van der Waals surface area contributed by atoms with Gasteiger partial charge in [-0.05, 0) is 67.6 Å². The van der Waals surface area contributed by atoms with Crippen molar-refractivity contribution in [3.8, 4) is 17.1 Å². The second-order valence-electron chi connectivity index (χ2n) is 10.3. The first-order valence-electron chi connectivity index (χ1n) is 13.6. The van der Waals surface area contributed by atoms with Crippen LogP contribution in [0.2, 0.25) is 0 Å². The summed E-state index contributed by atoms with van der Waals surface area (Å²) in [5.41, 5.74) is 5.35. The summed E-state index contributed by atoms with van der Waals surface area (Å²) in [5.74, 6) is -0.588. The Kier molecular flexibility index (Phi) is 7.38. The van der Waals surface area contributed by atoms with Crippen molar-refractivity contribution >= 4 is 28.4 Å². The highest BCUT2D eigenvalue weighted by atomic mass is 19.1. The molecule has 0 radical (unpaired) electrons. The van der Waals surface area contributed by atoms with Crippen molar-refractivity contribution in [1.29, 1.82) is 0 Å². The first-order valence-corrected chi connectivity index (χ1v) is 13.6. The van der Waals surface area contributed by atoms with Crippen LogP contribution in [0.1, 0.15) is 23.6 Å². The summed E-state index contributed by atoms with van der Waals surface area (Å²) in [7, 11) is 1.68. The summed E-state index contributed by atoms with van der Waals surface area (Å²) in [5, 5.41) is 23.6. The molecule has 2 amide bonds. The van der Waals surface area contributed by atoms with Crippen LogP contribution in [0, 0.1) is 12.7 Å². The lowest BCUT2D eigenvalue weighted by atomic mass is 10.1. The van der Waals surface area contributed by atoms with Crippen LogP contribution in [0.4, 0.5) is 4.39 Å². The van der Waals surface area contributed by atoms with Crippen LogP contribution in [-0.4, -0.2) is 66.1 Å². The van der Waals surface area contributed by atoms with E-state index in [1.807, 2.05) is 48.0 Å². The van der Waals surface area contributed by atoms with E-state index in [4.69, 9.17) is 0 Å². The van der Waals surface area contributed by atoms with Crippen LogP contribution in [0.5, 0.6) is 0 Å². The zero-order valence-electron chi connectivity index (χ0n) is 23.7. The number of likely N-dealkylation sites (N-methyl/N-ethyl adjacent to an activating group) is 1. The number of nitrogens with one attached hydrogen (secondary N) is 4. The highest BCUT2D eigenvalue weighted by Crippen LogP contribution is 2.27. The summed E-state index contributed by atoms with van der Waals surface area (Å²) in [6, 6.07) is 13.5. The molecule has 0 saturated carbocycles. The molecule has 13 heteroatoms. The van der Waals surface area contributed by atoms with Gasteiger partial charge in [0.1, 0.15) is 5.82 Å². The summed E-state index contributed by atoms with van der Waals surface area (Å²) >= 11 is 0. The molecule has 2 atom stereocenters. The maximum absolute atomic E-state index is 13.9. The number of carbonyl (C=O) groups excluding carboxylic acids is 2. The Hall–Kier alpha value is -5.43. The normalized spacial score (nSPS) is 15.7. The number of H-pyrrole nitrogens is 1. The maximum atomic E-state index is 13.9. The quantitative estimate of drug-likeness (QED) is 0.219. The molecule has 0 saturated heterocycles. The second-order valence-corrected chi connectivity index (χ2v) is 10.3. The van der Waals surface area contributed by atoms with Crippen molar-refractivity contribution in [3.05, 3.63) is 95.8 Å².